The van der Waals surface area contributed by atoms with Crippen LogP contribution in [-0.4, -0.2) is 14.9 Å². The fourth-order valence-electron chi connectivity index (χ4n) is 2.33. The number of para-hydroxylation sites is 1. The molecule has 0 saturated carbocycles. The summed E-state index contributed by atoms with van der Waals surface area (Å²) in [7, 11) is 0. The molecule has 116 valence electrons. The lowest BCUT2D eigenvalue weighted by Gasteiger charge is -2.09. The van der Waals surface area contributed by atoms with Gasteiger partial charge in [0.05, 0.1) is 10.5 Å². The minimum Gasteiger partial charge on any atom is -0.382 e. The minimum atomic E-state index is -0.517. The van der Waals surface area contributed by atoms with Gasteiger partial charge < -0.3 is 5.73 Å². The van der Waals surface area contributed by atoms with Crippen LogP contribution in [0.25, 0.3) is 22.6 Å². The van der Waals surface area contributed by atoms with Crippen LogP contribution in [-0.2, 0) is 0 Å². The largest absolute Gasteiger partial charge is 0.382 e. The van der Waals surface area contributed by atoms with Crippen LogP contribution >= 0.6 is 0 Å². The number of nitro groups is 1. The second kappa shape index (κ2) is 6.14. The number of hydrogen-bond acceptors (Lipinski definition) is 6. The Morgan fingerprint density at radius 3 is 2.38 bits per heavy atom. The maximum absolute atomic E-state index is 11.3. The van der Waals surface area contributed by atoms with E-state index >= 15 is 0 Å². The predicted molar refractivity (Wildman–Crippen MR) is 88.7 cm³/mol. The molecule has 2 N–H and O–H groups in total. The van der Waals surface area contributed by atoms with Crippen molar-refractivity contribution in [2.24, 2.45) is 0 Å². The third-order valence-electron chi connectivity index (χ3n) is 3.44. The number of nitriles is 1. The number of rotatable bonds is 3. The van der Waals surface area contributed by atoms with Gasteiger partial charge in [0.2, 0.25) is 0 Å². The first-order chi connectivity index (χ1) is 11.6. The number of nitrogen functional groups attached to an aromatic ring is 1. The zero-order valence-electron chi connectivity index (χ0n) is 12.4. The molecule has 0 atom stereocenters. The molecule has 0 unspecified atom stereocenters. The van der Waals surface area contributed by atoms with Crippen LogP contribution in [0, 0.1) is 21.4 Å². The van der Waals surface area contributed by atoms with E-state index in [0.717, 1.165) is 0 Å². The zero-order valence-corrected chi connectivity index (χ0v) is 12.4. The molecule has 0 aliphatic carbocycles. The molecular formula is C17H11N5O2. The summed E-state index contributed by atoms with van der Waals surface area (Å²) < 4.78 is 0. The van der Waals surface area contributed by atoms with Crippen molar-refractivity contribution in [3.8, 4) is 28.7 Å². The highest BCUT2D eigenvalue weighted by Crippen LogP contribution is 2.33. The number of benzene rings is 2. The molecule has 7 nitrogen and oxygen atoms in total. The van der Waals surface area contributed by atoms with Crippen LogP contribution in [0.1, 0.15) is 5.56 Å². The highest BCUT2D eigenvalue weighted by atomic mass is 16.6. The second-order valence-electron chi connectivity index (χ2n) is 4.91. The fraction of sp³-hybridized carbons (Fsp3) is 0. The molecule has 0 aliphatic heterocycles. The Labute approximate surface area is 137 Å². The van der Waals surface area contributed by atoms with Gasteiger partial charge in [0.1, 0.15) is 23.1 Å². The Morgan fingerprint density at radius 2 is 1.71 bits per heavy atom. The summed E-state index contributed by atoms with van der Waals surface area (Å²) in [4.78, 5) is 19.3. The van der Waals surface area contributed by atoms with Gasteiger partial charge in [-0.15, -0.1) is 0 Å². The van der Waals surface area contributed by atoms with E-state index in [9.17, 15) is 15.4 Å². The molecule has 3 rings (SSSR count). The Morgan fingerprint density at radius 1 is 1.04 bits per heavy atom. The average molecular weight is 317 g/mol. The number of nitrogens with zero attached hydrogens (tertiary/aromatic N) is 4. The molecule has 7 heteroatoms. The van der Waals surface area contributed by atoms with Crippen LogP contribution in [0.3, 0.4) is 0 Å². The first-order valence-electron chi connectivity index (χ1n) is 6.98. The summed E-state index contributed by atoms with van der Waals surface area (Å²) in [6, 6.07) is 17.1. The standard InChI is InChI=1S/C17H11N5O2/c18-10-13-15(12-8-4-5-9-14(12)22(23)24)20-17(21-16(13)19)11-6-2-1-3-7-11/h1-9H,(H2,19,20,21). The maximum Gasteiger partial charge on any atom is 0.278 e. The van der Waals surface area contributed by atoms with Crippen LogP contribution in [0.15, 0.2) is 54.6 Å². The van der Waals surface area contributed by atoms with Gasteiger partial charge in [0, 0.05) is 11.6 Å². The Kier molecular flexibility index (Phi) is 3.87. The summed E-state index contributed by atoms with van der Waals surface area (Å²) in [5.41, 5.74) is 6.84. The highest BCUT2D eigenvalue weighted by molar-refractivity contribution is 5.80. The highest BCUT2D eigenvalue weighted by Gasteiger charge is 2.22. The van der Waals surface area contributed by atoms with Crippen molar-refractivity contribution in [3.05, 3.63) is 70.3 Å². The molecule has 0 spiro atoms. The SMILES string of the molecule is N#Cc1c(N)nc(-c2ccccc2)nc1-c1ccccc1[N+](=O)[O-]. The van der Waals surface area contributed by atoms with E-state index in [1.165, 1.54) is 12.1 Å². The average Bonchev–Trinajstić information content (AvgIpc) is 2.61. The molecule has 0 bridgehead atoms. The van der Waals surface area contributed by atoms with E-state index in [1.54, 1.807) is 24.3 Å². The smallest absolute Gasteiger partial charge is 0.278 e. The van der Waals surface area contributed by atoms with Gasteiger partial charge in [0.15, 0.2) is 5.82 Å². The van der Waals surface area contributed by atoms with Gasteiger partial charge in [-0.3, -0.25) is 10.1 Å². The van der Waals surface area contributed by atoms with E-state index in [4.69, 9.17) is 5.73 Å². The molecule has 0 radical (unpaired) electrons. The van der Waals surface area contributed by atoms with Gasteiger partial charge >= 0.3 is 0 Å². The molecular weight excluding hydrogens is 306 g/mol. The van der Waals surface area contributed by atoms with Crippen LogP contribution in [0.4, 0.5) is 11.5 Å². The summed E-state index contributed by atoms with van der Waals surface area (Å²) >= 11 is 0. The molecule has 3 aromatic rings. The van der Waals surface area contributed by atoms with E-state index in [-0.39, 0.29) is 28.3 Å². The molecule has 0 aliphatic rings. The molecule has 0 saturated heterocycles. The van der Waals surface area contributed by atoms with E-state index in [1.807, 2.05) is 24.3 Å². The lowest BCUT2D eigenvalue weighted by atomic mass is 10.0. The normalized spacial score (nSPS) is 10.1. The van der Waals surface area contributed by atoms with Crippen LogP contribution < -0.4 is 5.73 Å². The van der Waals surface area contributed by atoms with Crippen molar-refractivity contribution < 1.29 is 4.92 Å². The second-order valence-corrected chi connectivity index (χ2v) is 4.91. The van der Waals surface area contributed by atoms with Gasteiger partial charge in [-0.1, -0.05) is 42.5 Å². The van der Waals surface area contributed by atoms with E-state index in [0.29, 0.717) is 11.4 Å². The summed E-state index contributed by atoms with van der Waals surface area (Å²) in [6.07, 6.45) is 0. The van der Waals surface area contributed by atoms with Crippen molar-refractivity contribution in [1.29, 1.82) is 5.26 Å². The Balaban J connectivity index is 2.30. The predicted octanol–water partition coefficient (Wildman–Crippen LogP) is 3.17. The Bertz CT molecular complexity index is 964. The molecule has 1 heterocycles. The van der Waals surface area contributed by atoms with Gasteiger partial charge in [-0.05, 0) is 6.07 Å². The topological polar surface area (TPSA) is 119 Å². The third kappa shape index (κ3) is 2.64. The van der Waals surface area contributed by atoms with Crippen molar-refractivity contribution in [2.45, 2.75) is 0 Å². The van der Waals surface area contributed by atoms with Crippen molar-refractivity contribution in [1.82, 2.24) is 9.97 Å². The molecule has 0 amide bonds. The Hall–Kier alpha value is -3.79. The third-order valence-corrected chi connectivity index (χ3v) is 3.44. The van der Waals surface area contributed by atoms with Gasteiger partial charge in [0.25, 0.3) is 5.69 Å². The first kappa shape index (κ1) is 15.1. The quantitative estimate of drug-likeness (QED) is 0.585. The fourth-order valence-corrected chi connectivity index (χ4v) is 2.33. The van der Waals surface area contributed by atoms with Gasteiger partial charge in [-0.25, -0.2) is 9.97 Å². The minimum absolute atomic E-state index is 0.0143. The van der Waals surface area contributed by atoms with E-state index < -0.39 is 4.92 Å². The summed E-state index contributed by atoms with van der Waals surface area (Å²) in [5, 5.41) is 20.7. The maximum atomic E-state index is 11.3. The summed E-state index contributed by atoms with van der Waals surface area (Å²) in [5.74, 6) is 0.291. The van der Waals surface area contributed by atoms with Crippen LogP contribution in [0.5, 0.6) is 0 Å². The molecule has 0 fully saturated rings. The van der Waals surface area contributed by atoms with Crippen molar-refractivity contribution >= 4 is 11.5 Å². The van der Waals surface area contributed by atoms with Gasteiger partial charge in [-0.2, -0.15) is 5.26 Å². The number of hydrogen-bond donors (Lipinski definition) is 1. The molecule has 1 aromatic heterocycles. The van der Waals surface area contributed by atoms with Crippen molar-refractivity contribution in [3.63, 3.8) is 0 Å². The van der Waals surface area contributed by atoms with Crippen molar-refractivity contribution in [2.75, 3.05) is 5.73 Å². The molecule has 2 aromatic carbocycles. The number of nitrogens with two attached hydrogens (primary N) is 1. The lowest BCUT2D eigenvalue weighted by Crippen LogP contribution is -2.04. The van der Waals surface area contributed by atoms with Crippen LogP contribution in [0.2, 0.25) is 0 Å². The molecule has 24 heavy (non-hydrogen) atoms. The number of anilines is 1. The lowest BCUT2D eigenvalue weighted by molar-refractivity contribution is -0.384. The number of nitro benzene ring substituents is 1. The summed E-state index contributed by atoms with van der Waals surface area (Å²) in [6.45, 7) is 0. The first-order valence-corrected chi connectivity index (χ1v) is 6.98. The zero-order chi connectivity index (χ0) is 17.1. The monoisotopic (exact) mass is 317 g/mol. The number of aromatic nitrogens is 2. The van der Waals surface area contributed by atoms with E-state index in [2.05, 4.69) is 9.97 Å².